The van der Waals surface area contributed by atoms with Crippen molar-refractivity contribution in [2.24, 2.45) is 23.2 Å². The molecule has 0 amide bonds. The van der Waals surface area contributed by atoms with Crippen molar-refractivity contribution in [3.63, 3.8) is 0 Å². The van der Waals surface area contributed by atoms with Gasteiger partial charge >= 0.3 is 5.97 Å². The Morgan fingerprint density at radius 3 is 2.85 bits per heavy atom. The molecule has 6 heteroatoms. The normalized spacial score (nSPS) is 42.6. The highest BCUT2D eigenvalue weighted by molar-refractivity contribution is 5.75. The molecule has 33 heavy (non-hydrogen) atoms. The van der Waals surface area contributed by atoms with Crippen LogP contribution in [0.3, 0.4) is 0 Å². The first-order chi connectivity index (χ1) is 15.9. The summed E-state index contributed by atoms with van der Waals surface area (Å²) in [5, 5.41) is 0. The van der Waals surface area contributed by atoms with E-state index in [0.29, 0.717) is 17.9 Å². The average Bonchev–Trinajstić information content (AvgIpc) is 3.50. The number of esters is 1. The maximum Gasteiger partial charge on any atom is 0.310 e. The van der Waals surface area contributed by atoms with E-state index in [1.807, 2.05) is 6.07 Å². The molecule has 0 aromatic heterocycles. The summed E-state index contributed by atoms with van der Waals surface area (Å²) in [4.78, 5) is 18.0. The number of hydrogen-bond acceptors (Lipinski definition) is 6. The third-order valence-corrected chi connectivity index (χ3v) is 9.63. The molecule has 6 nitrogen and oxygen atoms in total. The minimum atomic E-state index is 0.00726. The number of ether oxygens (including phenoxy) is 3. The van der Waals surface area contributed by atoms with Crippen LogP contribution in [0, 0.1) is 23.2 Å². The third-order valence-electron chi connectivity index (χ3n) is 9.63. The molecule has 0 N–H and O–H groups in total. The highest BCUT2D eigenvalue weighted by Crippen LogP contribution is 2.62. The van der Waals surface area contributed by atoms with E-state index < -0.39 is 0 Å². The number of piperazine rings is 1. The van der Waals surface area contributed by atoms with Gasteiger partial charge in [0.2, 0.25) is 0 Å². The van der Waals surface area contributed by atoms with Crippen molar-refractivity contribution < 1.29 is 19.0 Å². The fraction of sp³-hybridized carbons (Fsp3) is 0.741. The van der Waals surface area contributed by atoms with E-state index in [0.717, 1.165) is 51.4 Å². The molecule has 5 aliphatic rings. The monoisotopic (exact) mass is 454 g/mol. The molecule has 0 radical (unpaired) electrons. The van der Waals surface area contributed by atoms with Crippen molar-refractivity contribution in [3.05, 3.63) is 24.3 Å². The van der Waals surface area contributed by atoms with Crippen molar-refractivity contribution in [2.75, 3.05) is 44.8 Å². The Hall–Kier alpha value is -1.79. The van der Waals surface area contributed by atoms with Crippen LogP contribution in [-0.2, 0) is 14.3 Å². The lowest BCUT2D eigenvalue weighted by Gasteiger charge is -2.51. The van der Waals surface area contributed by atoms with Crippen molar-refractivity contribution in [1.82, 2.24) is 4.90 Å². The van der Waals surface area contributed by atoms with Crippen LogP contribution in [0.2, 0.25) is 0 Å². The highest BCUT2D eigenvalue weighted by atomic mass is 16.6. The number of hydrogen-bond donors (Lipinski definition) is 0. The third kappa shape index (κ3) is 3.65. The zero-order chi connectivity index (χ0) is 22.8. The van der Waals surface area contributed by atoms with Gasteiger partial charge in [-0.15, -0.1) is 0 Å². The van der Waals surface area contributed by atoms with E-state index in [1.54, 1.807) is 7.11 Å². The zero-order valence-corrected chi connectivity index (χ0v) is 20.3. The molecule has 1 aromatic carbocycles. The van der Waals surface area contributed by atoms with Gasteiger partial charge in [-0.1, -0.05) is 13.0 Å². The van der Waals surface area contributed by atoms with Crippen LogP contribution in [0.15, 0.2) is 24.3 Å². The molecule has 3 aliphatic heterocycles. The van der Waals surface area contributed by atoms with Gasteiger partial charge in [0.1, 0.15) is 11.9 Å². The van der Waals surface area contributed by atoms with Gasteiger partial charge in [-0.25, -0.2) is 0 Å². The molecule has 3 saturated heterocycles. The molecule has 3 heterocycles. The summed E-state index contributed by atoms with van der Waals surface area (Å²) in [5.74, 6) is 1.88. The van der Waals surface area contributed by atoms with Gasteiger partial charge in [-0.2, -0.15) is 0 Å². The highest BCUT2D eigenvalue weighted by Gasteiger charge is 2.65. The van der Waals surface area contributed by atoms with Crippen LogP contribution in [0.1, 0.15) is 46.0 Å². The SMILES string of the molecule is COc1cccc(N2CCN(C[C@@H]3C(=O)O[C@@H]4C[C@@]5(C)CCC[C@]6(CO6)[C@H]5C[C@H]34)C[C@@H]2C)c1. The van der Waals surface area contributed by atoms with Gasteiger partial charge in [0, 0.05) is 49.9 Å². The van der Waals surface area contributed by atoms with Crippen molar-refractivity contribution in [2.45, 2.75) is 63.7 Å². The Morgan fingerprint density at radius 2 is 2.09 bits per heavy atom. The van der Waals surface area contributed by atoms with Gasteiger partial charge in [0.05, 0.1) is 25.2 Å². The summed E-state index contributed by atoms with van der Waals surface area (Å²) in [6.45, 7) is 9.35. The van der Waals surface area contributed by atoms with Gasteiger partial charge in [0.15, 0.2) is 0 Å². The van der Waals surface area contributed by atoms with E-state index in [-0.39, 0.29) is 29.0 Å². The Balaban J connectivity index is 1.13. The number of carbonyl (C=O) groups is 1. The topological polar surface area (TPSA) is 54.5 Å². The Bertz CT molecular complexity index is 917. The van der Waals surface area contributed by atoms with Gasteiger partial charge in [-0.3, -0.25) is 9.69 Å². The number of fused-ring (bicyclic) bond motifs is 3. The molecule has 2 saturated carbocycles. The molecule has 7 atom stereocenters. The Morgan fingerprint density at radius 1 is 1.24 bits per heavy atom. The summed E-state index contributed by atoms with van der Waals surface area (Å²) < 4.78 is 17.5. The lowest BCUT2D eigenvalue weighted by molar-refractivity contribution is -0.147. The standard InChI is InChI=1S/C27H38N2O4/c1-18-15-28(10-11-29(18)19-6-4-7-20(12-19)31-3)16-22-21-13-24-26(2,14-23(21)33-25(22)30)8-5-9-27(24)17-32-27/h4,6-7,12,18,21-24H,5,8-11,13-17H2,1-3H3/t18-,21+,22-,23+,24-,26+,27-/m0/s1. The van der Waals surface area contributed by atoms with E-state index in [9.17, 15) is 4.79 Å². The second-order valence-electron chi connectivity index (χ2n) is 11.6. The molecular weight excluding hydrogens is 416 g/mol. The number of epoxide rings is 1. The van der Waals surface area contributed by atoms with Crippen LogP contribution in [-0.4, -0.2) is 68.5 Å². The van der Waals surface area contributed by atoms with Crippen molar-refractivity contribution in [3.8, 4) is 5.75 Å². The first-order valence-corrected chi connectivity index (χ1v) is 12.9. The second kappa shape index (κ2) is 7.88. The maximum atomic E-state index is 13.0. The summed E-state index contributed by atoms with van der Waals surface area (Å²) in [5.41, 5.74) is 1.59. The van der Waals surface area contributed by atoms with E-state index in [1.165, 1.54) is 24.9 Å². The van der Waals surface area contributed by atoms with Gasteiger partial charge in [-0.05, 0) is 62.5 Å². The Kier molecular flexibility index (Phi) is 5.18. The predicted molar refractivity (Wildman–Crippen MR) is 126 cm³/mol. The fourth-order valence-electron chi connectivity index (χ4n) is 7.82. The summed E-state index contributed by atoms with van der Waals surface area (Å²) in [7, 11) is 1.72. The molecule has 1 spiro atoms. The average molecular weight is 455 g/mol. The van der Waals surface area contributed by atoms with E-state index >= 15 is 0 Å². The summed E-state index contributed by atoms with van der Waals surface area (Å²) in [6.07, 6.45) is 5.92. The molecule has 2 aliphatic carbocycles. The quantitative estimate of drug-likeness (QED) is 0.510. The molecule has 5 fully saturated rings. The first-order valence-electron chi connectivity index (χ1n) is 12.9. The predicted octanol–water partition coefficient (Wildman–Crippen LogP) is 3.73. The van der Waals surface area contributed by atoms with Crippen LogP contribution in [0.4, 0.5) is 5.69 Å². The largest absolute Gasteiger partial charge is 0.497 e. The lowest BCUT2D eigenvalue weighted by Crippen LogP contribution is -2.54. The number of nitrogens with zero attached hydrogens (tertiary/aromatic N) is 2. The van der Waals surface area contributed by atoms with Crippen LogP contribution in [0.5, 0.6) is 5.75 Å². The minimum Gasteiger partial charge on any atom is -0.497 e. The van der Waals surface area contributed by atoms with Gasteiger partial charge in [0.25, 0.3) is 0 Å². The molecule has 180 valence electrons. The number of benzene rings is 1. The molecule has 0 bridgehead atoms. The fourth-order valence-corrected chi connectivity index (χ4v) is 7.82. The van der Waals surface area contributed by atoms with E-state index in [4.69, 9.17) is 14.2 Å². The van der Waals surface area contributed by atoms with Crippen LogP contribution < -0.4 is 9.64 Å². The molecule has 6 rings (SSSR count). The lowest BCUT2D eigenvalue weighted by atomic mass is 9.53. The number of methoxy groups -OCH3 is 1. The van der Waals surface area contributed by atoms with Crippen molar-refractivity contribution >= 4 is 11.7 Å². The van der Waals surface area contributed by atoms with Crippen LogP contribution >= 0.6 is 0 Å². The maximum absolute atomic E-state index is 13.0. The second-order valence-corrected chi connectivity index (χ2v) is 11.6. The van der Waals surface area contributed by atoms with Crippen LogP contribution in [0.25, 0.3) is 0 Å². The number of anilines is 1. The number of rotatable bonds is 4. The summed E-state index contributed by atoms with van der Waals surface area (Å²) >= 11 is 0. The molecule has 1 aromatic rings. The van der Waals surface area contributed by atoms with Gasteiger partial charge < -0.3 is 19.1 Å². The molecule has 0 unspecified atom stereocenters. The minimum absolute atomic E-state index is 0.00726. The Labute approximate surface area is 197 Å². The smallest absolute Gasteiger partial charge is 0.310 e. The zero-order valence-electron chi connectivity index (χ0n) is 20.3. The first kappa shape index (κ1) is 21.7. The van der Waals surface area contributed by atoms with E-state index in [2.05, 4.69) is 41.8 Å². The number of carbonyl (C=O) groups excluding carboxylic acids is 1. The molecular formula is C27H38N2O4. The summed E-state index contributed by atoms with van der Waals surface area (Å²) in [6, 6.07) is 8.71. The van der Waals surface area contributed by atoms with Crippen molar-refractivity contribution in [1.29, 1.82) is 0 Å².